The van der Waals surface area contributed by atoms with E-state index in [1.807, 2.05) is 25.1 Å². The molecule has 2 aliphatic heterocycles. The smallest absolute Gasteiger partial charge is 0.255 e. The Morgan fingerprint density at radius 1 is 1.32 bits per heavy atom. The van der Waals surface area contributed by atoms with Crippen LogP contribution in [-0.2, 0) is 11.2 Å². The van der Waals surface area contributed by atoms with Crippen LogP contribution in [0.15, 0.2) is 34.4 Å². The number of hydrogen-bond acceptors (Lipinski definition) is 3. The van der Waals surface area contributed by atoms with E-state index in [2.05, 4.69) is 30.4 Å². The SMILES string of the molecule is CC1=NNC(=O)[C@@H]1C1=NC(C)(C)Cc2ccccc21. The van der Waals surface area contributed by atoms with E-state index in [9.17, 15) is 4.79 Å². The Morgan fingerprint density at radius 3 is 2.74 bits per heavy atom. The Labute approximate surface area is 112 Å². The summed E-state index contributed by atoms with van der Waals surface area (Å²) in [5.74, 6) is -0.426. The molecule has 0 aromatic heterocycles. The summed E-state index contributed by atoms with van der Waals surface area (Å²) in [5.41, 5.74) is 6.34. The third-order valence-corrected chi connectivity index (χ3v) is 3.64. The van der Waals surface area contributed by atoms with Crippen LogP contribution in [0.4, 0.5) is 0 Å². The Morgan fingerprint density at radius 2 is 2.05 bits per heavy atom. The van der Waals surface area contributed by atoms with Crippen LogP contribution in [-0.4, -0.2) is 22.9 Å². The first-order valence-corrected chi connectivity index (χ1v) is 6.50. The summed E-state index contributed by atoms with van der Waals surface area (Å²) < 4.78 is 0. The molecule has 2 aliphatic rings. The highest BCUT2D eigenvalue weighted by Crippen LogP contribution is 2.30. The van der Waals surface area contributed by atoms with E-state index >= 15 is 0 Å². The Bertz CT molecular complexity index is 614. The predicted octanol–water partition coefficient (Wildman–Crippen LogP) is 1.93. The monoisotopic (exact) mass is 255 g/mol. The molecule has 4 heteroatoms. The number of rotatable bonds is 1. The van der Waals surface area contributed by atoms with Crippen molar-refractivity contribution in [3.05, 3.63) is 35.4 Å². The fourth-order valence-corrected chi connectivity index (χ4v) is 2.82. The van der Waals surface area contributed by atoms with Crippen molar-refractivity contribution in [3.8, 4) is 0 Å². The van der Waals surface area contributed by atoms with Crippen LogP contribution in [0.1, 0.15) is 31.9 Å². The zero-order valence-corrected chi connectivity index (χ0v) is 11.4. The summed E-state index contributed by atoms with van der Waals surface area (Å²) >= 11 is 0. The average molecular weight is 255 g/mol. The molecule has 0 unspecified atom stereocenters. The minimum atomic E-state index is -0.347. The van der Waals surface area contributed by atoms with E-state index in [0.717, 1.165) is 23.4 Å². The second kappa shape index (κ2) is 4.02. The molecular weight excluding hydrogens is 238 g/mol. The summed E-state index contributed by atoms with van der Waals surface area (Å²) in [5, 5.41) is 4.03. The maximum Gasteiger partial charge on any atom is 0.255 e. The lowest BCUT2D eigenvalue weighted by Crippen LogP contribution is -2.37. The molecule has 19 heavy (non-hydrogen) atoms. The van der Waals surface area contributed by atoms with Crippen molar-refractivity contribution >= 4 is 17.3 Å². The number of carbonyl (C=O) groups excluding carboxylic acids is 1. The number of amides is 1. The molecule has 1 aromatic rings. The maximum absolute atomic E-state index is 12.0. The average Bonchev–Trinajstić information content (AvgIpc) is 2.67. The van der Waals surface area contributed by atoms with Gasteiger partial charge in [-0.2, -0.15) is 5.10 Å². The third kappa shape index (κ3) is 1.97. The van der Waals surface area contributed by atoms with Gasteiger partial charge in [0.2, 0.25) is 0 Å². The molecule has 1 atom stereocenters. The van der Waals surface area contributed by atoms with Gasteiger partial charge in [0.25, 0.3) is 5.91 Å². The zero-order chi connectivity index (χ0) is 13.6. The van der Waals surface area contributed by atoms with Gasteiger partial charge in [-0.3, -0.25) is 9.79 Å². The molecule has 3 rings (SSSR count). The number of benzene rings is 1. The summed E-state index contributed by atoms with van der Waals surface area (Å²) in [7, 11) is 0. The molecule has 1 N–H and O–H groups in total. The molecule has 0 saturated carbocycles. The van der Waals surface area contributed by atoms with Crippen molar-refractivity contribution in [2.45, 2.75) is 32.7 Å². The number of nitrogens with zero attached hydrogens (tertiary/aromatic N) is 2. The van der Waals surface area contributed by atoms with Crippen LogP contribution in [0.5, 0.6) is 0 Å². The van der Waals surface area contributed by atoms with Crippen molar-refractivity contribution in [2.75, 3.05) is 0 Å². The Kier molecular flexibility index (Phi) is 2.55. The van der Waals surface area contributed by atoms with Crippen molar-refractivity contribution in [1.82, 2.24) is 5.43 Å². The van der Waals surface area contributed by atoms with Gasteiger partial charge in [-0.05, 0) is 32.8 Å². The van der Waals surface area contributed by atoms with Crippen LogP contribution < -0.4 is 5.43 Å². The first kappa shape index (κ1) is 12.1. The normalized spacial score (nSPS) is 24.4. The van der Waals surface area contributed by atoms with Crippen LogP contribution >= 0.6 is 0 Å². The third-order valence-electron chi connectivity index (χ3n) is 3.64. The summed E-state index contributed by atoms with van der Waals surface area (Å²) in [6.45, 7) is 6.07. The van der Waals surface area contributed by atoms with Crippen molar-refractivity contribution in [1.29, 1.82) is 0 Å². The standard InChI is InChI=1S/C15H17N3O/c1-9-12(14(19)18-17-9)13-11-7-5-4-6-10(11)8-15(2,3)16-13/h4-7,12H,8H2,1-3H3,(H,18,19)/t12-/m0/s1. The lowest BCUT2D eigenvalue weighted by atomic mass is 9.82. The van der Waals surface area contributed by atoms with Crippen molar-refractivity contribution < 1.29 is 4.79 Å². The summed E-state index contributed by atoms with van der Waals surface area (Å²) in [6.07, 6.45) is 0.900. The highest BCUT2D eigenvalue weighted by molar-refractivity contribution is 6.28. The van der Waals surface area contributed by atoms with Gasteiger partial charge >= 0.3 is 0 Å². The zero-order valence-electron chi connectivity index (χ0n) is 11.4. The molecule has 4 nitrogen and oxygen atoms in total. The van der Waals surface area contributed by atoms with Gasteiger partial charge in [0.1, 0.15) is 5.92 Å². The molecule has 0 radical (unpaired) electrons. The van der Waals surface area contributed by atoms with Crippen LogP contribution in [0.2, 0.25) is 0 Å². The lowest BCUT2D eigenvalue weighted by molar-refractivity contribution is -0.120. The van der Waals surface area contributed by atoms with Crippen molar-refractivity contribution in [3.63, 3.8) is 0 Å². The number of hydrogen-bond donors (Lipinski definition) is 1. The maximum atomic E-state index is 12.0. The second-order valence-electron chi connectivity index (χ2n) is 5.81. The van der Waals surface area contributed by atoms with E-state index in [-0.39, 0.29) is 17.4 Å². The van der Waals surface area contributed by atoms with Gasteiger partial charge in [-0.15, -0.1) is 0 Å². The fourth-order valence-electron chi connectivity index (χ4n) is 2.82. The highest BCUT2D eigenvalue weighted by atomic mass is 16.2. The minimum Gasteiger partial charge on any atom is -0.281 e. The number of nitrogens with one attached hydrogen (secondary N) is 1. The van der Waals surface area contributed by atoms with Gasteiger partial charge in [0.15, 0.2) is 0 Å². The molecule has 0 fully saturated rings. The first-order chi connectivity index (χ1) is 8.98. The van der Waals surface area contributed by atoms with Crippen LogP contribution in [0, 0.1) is 5.92 Å². The van der Waals surface area contributed by atoms with E-state index in [4.69, 9.17) is 4.99 Å². The quantitative estimate of drug-likeness (QED) is 0.819. The Balaban J connectivity index is 2.15. The predicted molar refractivity (Wildman–Crippen MR) is 75.5 cm³/mol. The lowest BCUT2D eigenvalue weighted by Gasteiger charge is -2.30. The van der Waals surface area contributed by atoms with Crippen LogP contribution in [0.3, 0.4) is 0 Å². The van der Waals surface area contributed by atoms with Gasteiger partial charge in [-0.25, -0.2) is 5.43 Å². The van der Waals surface area contributed by atoms with E-state index in [1.165, 1.54) is 5.56 Å². The van der Waals surface area contributed by atoms with Gasteiger partial charge in [0, 0.05) is 5.56 Å². The van der Waals surface area contributed by atoms with E-state index in [0.29, 0.717) is 0 Å². The molecule has 2 heterocycles. The molecule has 0 spiro atoms. The fraction of sp³-hybridized carbons (Fsp3) is 0.400. The number of hydrazone groups is 1. The minimum absolute atomic E-state index is 0.0799. The topological polar surface area (TPSA) is 53.8 Å². The number of aliphatic imine (C=N–C) groups is 1. The van der Waals surface area contributed by atoms with Crippen molar-refractivity contribution in [2.24, 2.45) is 16.0 Å². The van der Waals surface area contributed by atoms with E-state index < -0.39 is 0 Å². The first-order valence-electron chi connectivity index (χ1n) is 6.50. The molecule has 98 valence electrons. The molecule has 0 bridgehead atoms. The van der Waals surface area contributed by atoms with Gasteiger partial charge < -0.3 is 0 Å². The van der Waals surface area contributed by atoms with Crippen LogP contribution in [0.25, 0.3) is 0 Å². The molecular formula is C15H17N3O. The molecule has 0 saturated heterocycles. The molecule has 1 aromatic carbocycles. The molecule has 1 amide bonds. The van der Waals surface area contributed by atoms with Gasteiger partial charge in [-0.1, -0.05) is 24.3 Å². The second-order valence-corrected chi connectivity index (χ2v) is 5.81. The summed E-state index contributed by atoms with van der Waals surface area (Å²) in [4.78, 5) is 16.8. The van der Waals surface area contributed by atoms with Gasteiger partial charge in [0.05, 0.1) is 17.0 Å². The molecule has 0 aliphatic carbocycles. The number of fused-ring (bicyclic) bond motifs is 1. The largest absolute Gasteiger partial charge is 0.281 e. The highest BCUT2D eigenvalue weighted by Gasteiger charge is 2.37. The van der Waals surface area contributed by atoms with E-state index in [1.54, 1.807) is 0 Å². The summed E-state index contributed by atoms with van der Waals surface area (Å²) in [6, 6.07) is 8.19. The number of carbonyl (C=O) groups is 1. The Hall–Kier alpha value is -1.97.